The standard InChI is InChI=1S/C28H32N6O3.C27H30N6O3/c1-17-12-18(8-11-22(17)27(35)32-19-9-10-19)24-15-29-26-23(30-16-28(2,3)36)14-25(33-34(24)26)31-20-6-5-7-21(13-20)37-4;1-16-11-17(7-10-21(16)26(35)31-18-8-9-18)23-14-28-25-22(29-15-27(2,3)36)13-24(32-33(23)25)30-19-5-4-6-20(34)12-19/h5-8,11-15,19,30,36H,9-10,16H2,1-4H3,(H,31,33)(H,32,35);4-7,10-14,18,29,34,36H,8-9,15H2,1-3H3,(H,30,32)(H,31,35). The molecule has 18 heteroatoms. The largest absolute Gasteiger partial charge is 0.508 e. The van der Waals surface area contributed by atoms with Crippen LogP contribution in [-0.2, 0) is 0 Å². The molecule has 4 aromatic carbocycles. The van der Waals surface area contributed by atoms with Crippen LogP contribution in [0, 0.1) is 13.8 Å². The SMILES string of the molecule is COc1cccc(Nc2cc(NCC(C)(C)O)c3ncc(-c4ccc(C(=O)NC5CC5)c(C)c4)n3n2)c1.Cc1cc(-c2cnc3c(NCC(C)(C)O)cc(Nc4cccc(O)c4)nn23)ccc1C(=O)NC1CC1. The van der Waals surface area contributed by atoms with Crippen molar-refractivity contribution >= 4 is 57.5 Å². The number of aliphatic hydroxyl groups is 2. The molecule has 0 aliphatic heterocycles. The Bertz CT molecular complexity index is 3330. The molecule has 2 amide bonds. The van der Waals surface area contributed by atoms with Gasteiger partial charge >= 0.3 is 0 Å². The lowest BCUT2D eigenvalue weighted by molar-refractivity contribution is 0.0939. The monoisotopic (exact) mass is 986 g/mol. The van der Waals surface area contributed by atoms with Gasteiger partial charge in [-0.25, -0.2) is 19.0 Å². The fourth-order valence-electron chi connectivity index (χ4n) is 8.05. The highest BCUT2D eigenvalue weighted by Crippen LogP contribution is 2.32. The number of hydrogen-bond acceptors (Lipinski definition) is 14. The summed E-state index contributed by atoms with van der Waals surface area (Å²) in [4.78, 5) is 34.4. The molecule has 0 unspecified atom stereocenters. The van der Waals surface area contributed by atoms with Gasteiger partial charge in [0.1, 0.15) is 11.5 Å². The second-order valence-electron chi connectivity index (χ2n) is 20.1. The third-order valence-corrected chi connectivity index (χ3v) is 12.2. The number of rotatable bonds is 17. The summed E-state index contributed by atoms with van der Waals surface area (Å²) in [5.41, 5.74) is 8.71. The Labute approximate surface area is 423 Å². The minimum absolute atomic E-state index is 0.0364. The highest BCUT2D eigenvalue weighted by molar-refractivity contribution is 5.97. The van der Waals surface area contributed by atoms with Crippen molar-refractivity contribution in [3.8, 4) is 34.0 Å². The van der Waals surface area contributed by atoms with E-state index in [0.29, 0.717) is 70.6 Å². The maximum atomic E-state index is 12.6. The number of aromatic nitrogens is 6. The molecule has 0 saturated heterocycles. The van der Waals surface area contributed by atoms with E-state index < -0.39 is 11.2 Å². The third kappa shape index (κ3) is 12.5. The summed E-state index contributed by atoms with van der Waals surface area (Å²) in [6.07, 6.45) is 7.69. The van der Waals surface area contributed by atoms with E-state index in [1.54, 1.807) is 74.4 Å². The number of ether oxygens (including phenoxy) is 1. The predicted molar refractivity (Wildman–Crippen MR) is 285 cm³/mol. The number of anilines is 6. The van der Waals surface area contributed by atoms with Gasteiger partial charge in [0.05, 0.1) is 53.5 Å². The van der Waals surface area contributed by atoms with Gasteiger partial charge in [0.25, 0.3) is 11.8 Å². The zero-order valence-electron chi connectivity index (χ0n) is 42.0. The number of carbonyl (C=O) groups excluding carboxylic acids is 2. The minimum atomic E-state index is -0.928. The number of methoxy groups -OCH3 is 1. The Morgan fingerprint density at radius 3 is 1.49 bits per heavy atom. The van der Waals surface area contributed by atoms with Gasteiger partial charge in [0, 0.05) is 83.1 Å². The molecular formula is C55H62N12O6. The van der Waals surface area contributed by atoms with Crippen LogP contribution in [0.2, 0.25) is 0 Å². The topological polar surface area (TPSA) is 237 Å². The lowest BCUT2D eigenvalue weighted by atomic mass is 10.0. The molecule has 378 valence electrons. The maximum absolute atomic E-state index is 12.6. The van der Waals surface area contributed by atoms with Crippen molar-refractivity contribution in [1.82, 2.24) is 39.8 Å². The number of hydrogen-bond donors (Lipinski definition) is 9. The number of fused-ring (bicyclic) bond motifs is 2. The molecule has 2 saturated carbocycles. The van der Waals surface area contributed by atoms with Crippen molar-refractivity contribution in [3.63, 3.8) is 0 Å². The van der Waals surface area contributed by atoms with E-state index in [4.69, 9.17) is 14.9 Å². The van der Waals surface area contributed by atoms with Crippen molar-refractivity contribution in [2.75, 3.05) is 41.5 Å². The van der Waals surface area contributed by atoms with Crippen LogP contribution in [0.1, 0.15) is 85.2 Å². The number of nitrogens with one attached hydrogen (secondary N) is 6. The molecule has 2 aliphatic rings. The van der Waals surface area contributed by atoms with E-state index in [0.717, 1.165) is 76.4 Å². The Morgan fingerprint density at radius 1 is 0.630 bits per heavy atom. The van der Waals surface area contributed by atoms with Gasteiger partial charge in [-0.15, -0.1) is 10.2 Å². The van der Waals surface area contributed by atoms with E-state index >= 15 is 0 Å². The molecule has 4 heterocycles. The predicted octanol–water partition coefficient (Wildman–Crippen LogP) is 8.76. The maximum Gasteiger partial charge on any atom is 0.251 e. The molecular weight excluding hydrogens is 925 g/mol. The highest BCUT2D eigenvalue weighted by atomic mass is 16.5. The van der Waals surface area contributed by atoms with E-state index in [-0.39, 0.29) is 17.6 Å². The molecule has 18 nitrogen and oxygen atoms in total. The van der Waals surface area contributed by atoms with Gasteiger partial charge in [0.15, 0.2) is 22.9 Å². The molecule has 73 heavy (non-hydrogen) atoms. The summed E-state index contributed by atoms with van der Waals surface area (Å²) < 4.78 is 8.85. The van der Waals surface area contributed by atoms with Crippen LogP contribution in [-0.4, -0.2) is 99.8 Å². The van der Waals surface area contributed by atoms with Crippen LogP contribution < -0.4 is 36.6 Å². The van der Waals surface area contributed by atoms with Gasteiger partial charge in [-0.3, -0.25) is 9.59 Å². The molecule has 10 rings (SSSR count). The summed E-state index contributed by atoms with van der Waals surface area (Å²) in [5.74, 6) is 1.92. The first-order chi connectivity index (χ1) is 34.9. The number of amides is 2. The molecule has 0 spiro atoms. The van der Waals surface area contributed by atoms with Crippen molar-refractivity contribution in [2.24, 2.45) is 0 Å². The molecule has 0 bridgehead atoms. The zero-order valence-corrected chi connectivity index (χ0v) is 42.0. The quantitative estimate of drug-likeness (QED) is 0.0415. The normalized spacial score (nSPS) is 13.5. The fourth-order valence-corrected chi connectivity index (χ4v) is 8.05. The lowest BCUT2D eigenvalue weighted by Crippen LogP contribution is -2.29. The fraction of sp³-hybridized carbons (Fsp3) is 0.309. The van der Waals surface area contributed by atoms with Gasteiger partial charge in [-0.2, -0.15) is 0 Å². The Morgan fingerprint density at radius 2 is 1.08 bits per heavy atom. The Hall–Kier alpha value is -8.22. The van der Waals surface area contributed by atoms with E-state index in [9.17, 15) is 24.9 Å². The van der Waals surface area contributed by atoms with Crippen LogP contribution in [0.3, 0.4) is 0 Å². The van der Waals surface area contributed by atoms with E-state index in [2.05, 4.69) is 41.9 Å². The number of phenolic OH excluding ortho intramolecular Hbond substituents is 1. The number of phenols is 1. The molecule has 9 N–H and O–H groups in total. The average molecular weight is 987 g/mol. The number of aryl methyl sites for hydroxylation is 2. The van der Waals surface area contributed by atoms with Crippen molar-refractivity contribution in [2.45, 2.75) is 90.5 Å². The van der Waals surface area contributed by atoms with Crippen LogP contribution in [0.5, 0.6) is 11.5 Å². The smallest absolute Gasteiger partial charge is 0.251 e. The molecule has 4 aromatic heterocycles. The highest BCUT2D eigenvalue weighted by Gasteiger charge is 2.26. The molecule has 2 fully saturated rings. The van der Waals surface area contributed by atoms with Gasteiger partial charge in [-0.1, -0.05) is 24.3 Å². The first-order valence-electron chi connectivity index (χ1n) is 24.4. The zero-order chi connectivity index (χ0) is 51.6. The molecule has 2 aliphatic carbocycles. The first-order valence-corrected chi connectivity index (χ1v) is 24.4. The summed E-state index contributed by atoms with van der Waals surface area (Å²) in [5, 5.41) is 59.2. The number of imidazole rings is 2. The molecule has 0 atom stereocenters. The van der Waals surface area contributed by atoms with Crippen LogP contribution >= 0.6 is 0 Å². The lowest BCUT2D eigenvalue weighted by Gasteiger charge is -2.19. The van der Waals surface area contributed by atoms with Crippen LogP contribution in [0.15, 0.2) is 109 Å². The summed E-state index contributed by atoms with van der Waals surface area (Å²) in [7, 11) is 1.63. The Kier molecular flexibility index (Phi) is 14.0. The second-order valence-corrected chi connectivity index (χ2v) is 20.1. The molecule has 8 aromatic rings. The summed E-state index contributed by atoms with van der Waals surface area (Å²) in [6.45, 7) is 11.4. The van der Waals surface area contributed by atoms with Crippen LogP contribution in [0.4, 0.5) is 34.4 Å². The average Bonchev–Trinajstić information content (AvgIpc) is 4.26. The van der Waals surface area contributed by atoms with E-state index in [1.807, 2.05) is 92.7 Å². The number of carbonyl (C=O) groups is 2. The summed E-state index contributed by atoms with van der Waals surface area (Å²) >= 11 is 0. The number of benzene rings is 4. The number of nitrogens with zero attached hydrogens (tertiary/aromatic N) is 6. The minimum Gasteiger partial charge on any atom is -0.508 e. The van der Waals surface area contributed by atoms with Gasteiger partial charge < -0.3 is 52.0 Å². The first kappa shape index (κ1) is 49.7. The van der Waals surface area contributed by atoms with Crippen molar-refractivity contribution in [1.29, 1.82) is 0 Å². The van der Waals surface area contributed by atoms with Crippen molar-refractivity contribution in [3.05, 3.63) is 132 Å². The van der Waals surface area contributed by atoms with Crippen molar-refractivity contribution < 1.29 is 29.6 Å². The number of aromatic hydroxyl groups is 1. The third-order valence-electron chi connectivity index (χ3n) is 12.2. The van der Waals surface area contributed by atoms with E-state index in [1.165, 1.54) is 0 Å². The van der Waals surface area contributed by atoms with Gasteiger partial charge in [-0.05, 0) is 127 Å². The molecule has 0 radical (unpaired) electrons. The Balaban J connectivity index is 0.000000180. The van der Waals surface area contributed by atoms with Crippen LogP contribution in [0.25, 0.3) is 33.8 Å². The summed E-state index contributed by atoms with van der Waals surface area (Å²) in [6, 6.07) is 30.1. The second kappa shape index (κ2) is 20.5. The van der Waals surface area contributed by atoms with Gasteiger partial charge in [0.2, 0.25) is 0 Å².